The predicted molar refractivity (Wildman–Crippen MR) is 104 cm³/mol. The van der Waals surface area contributed by atoms with Crippen molar-refractivity contribution in [2.24, 2.45) is 5.73 Å². The van der Waals surface area contributed by atoms with Crippen LogP contribution in [0.3, 0.4) is 0 Å². The van der Waals surface area contributed by atoms with E-state index in [1.807, 2.05) is 50.2 Å². The van der Waals surface area contributed by atoms with Crippen LogP contribution in [0, 0.1) is 6.92 Å². The maximum atomic E-state index is 9.45. The number of halogens is 1. The third-order valence-corrected chi connectivity index (χ3v) is 3.77. The first-order chi connectivity index (χ1) is 12.2. The van der Waals surface area contributed by atoms with Gasteiger partial charge in [0.1, 0.15) is 18.0 Å². The molecule has 0 fully saturated rings. The molecule has 0 radical (unpaired) electrons. The van der Waals surface area contributed by atoms with E-state index in [2.05, 4.69) is 12.1 Å². The van der Waals surface area contributed by atoms with Crippen molar-refractivity contribution in [1.29, 1.82) is 0 Å². The van der Waals surface area contributed by atoms with Gasteiger partial charge in [-0.25, -0.2) is 4.79 Å². The molecule has 0 bridgehead atoms. The van der Waals surface area contributed by atoms with Crippen LogP contribution in [0.1, 0.15) is 37.5 Å². The molecule has 4 N–H and O–H groups in total. The van der Waals surface area contributed by atoms with Gasteiger partial charge in [0.05, 0.1) is 5.02 Å². The minimum absolute atomic E-state index is 0.0597. The van der Waals surface area contributed by atoms with Gasteiger partial charge in [-0.05, 0) is 44.0 Å². The molecule has 0 saturated heterocycles. The number of benzene rings is 2. The van der Waals surface area contributed by atoms with Gasteiger partial charge in [0.2, 0.25) is 0 Å². The number of carboxylic acid groups (broad SMARTS) is 1. The molecule has 3 atom stereocenters. The number of ether oxygens (including phenoxy) is 1. The molecule has 0 amide bonds. The summed E-state index contributed by atoms with van der Waals surface area (Å²) < 4.78 is 6.09. The molecule has 0 aliphatic heterocycles. The highest BCUT2D eigenvalue weighted by atomic mass is 35.5. The molecule has 5 nitrogen and oxygen atoms in total. The Bertz CT molecular complexity index is 689. The topological polar surface area (TPSA) is 92.8 Å². The lowest BCUT2D eigenvalue weighted by atomic mass is 10.0. The number of hydrogen-bond acceptors (Lipinski definition) is 4. The van der Waals surface area contributed by atoms with Crippen LogP contribution < -0.4 is 10.5 Å². The Morgan fingerprint density at radius 3 is 2.23 bits per heavy atom. The fourth-order valence-corrected chi connectivity index (χ4v) is 2.39. The Morgan fingerprint density at radius 1 is 1.19 bits per heavy atom. The number of aryl methyl sites for hydroxylation is 1. The lowest BCUT2D eigenvalue weighted by Gasteiger charge is -2.22. The summed E-state index contributed by atoms with van der Waals surface area (Å²) in [5.41, 5.74) is 8.16. The minimum atomic E-state index is -1.23. The molecule has 2 aromatic rings. The molecule has 6 heteroatoms. The zero-order valence-corrected chi connectivity index (χ0v) is 16.0. The Hall–Kier alpha value is -2.08. The van der Waals surface area contributed by atoms with Crippen LogP contribution in [0.4, 0.5) is 0 Å². The van der Waals surface area contributed by atoms with Crippen molar-refractivity contribution in [2.45, 2.75) is 45.4 Å². The third kappa shape index (κ3) is 7.87. The molecule has 0 spiro atoms. The normalized spacial score (nSPS) is 13.8. The first kappa shape index (κ1) is 22.0. The quantitative estimate of drug-likeness (QED) is 0.706. The Morgan fingerprint density at radius 2 is 1.77 bits per heavy atom. The maximum Gasteiger partial charge on any atom is 0.332 e. The highest BCUT2D eigenvalue weighted by Gasteiger charge is 2.16. The van der Waals surface area contributed by atoms with E-state index in [4.69, 9.17) is 32.3 Å². The number of hydrogen-bond donors (Lipinski definition) is 3. The summed E-state index contributed by atoms with van der Waals surface area (Å²) in [5, 5.41) is 16.4. The van der Waals surface area contributed by atoms with E-state index in [9.17, 15) is 4.79 Å². The van der Waals surface area contributed by atoms with Gasteiger partial charge in [-0.15, -0.1) is 0 Å². The second-order valence-electron chi connectivity index (χ2n) is 6.18. The van der Waals surface area contributed by atoms with Crippen molar-refractivity contribution in [3.8, 4) is 5.75 Å². The van der Waals surface area contributed by atoms with Gasteiger partial charge < -0.3 is 20.7 Å². The number of aliphatic carboxylic acids is 1. The zero-order valence-electron chi connectivity index (χ0n) is 15.2. The first-order valence-corrected chi connectivity index (χ1v) is 8.72. The van der Waals surface area contributed by atoms with Crippen LogP contribution in [-0.2, 0) is 4.79 Å². The van der Waals surface area contributed by atoms with Crippen LogP contribution in [0.15, 0.2) is 48.5 Å². The van der Waals surface area contributed by atoms with Gasteiger partial charge >= 0.3 is 5.97 Å². The van der Waals surface area contributed by atoms with Crippen molar-refractivity contribution in [3.63, 3.8) is 0 Å². The molecule has 0 aliphatic carbocycles. The minimum Gasteiger partial charge on any atom is -0.484 e. The van der Waals surface area contributed by atoms with Gasteiger partial charge in [0.15, 0.2) is 0 Å². The number of nitrogens with two attached hydrogens (primary N) is 1. The molecule has 0 heterocycles. The summed E-state index contributed by atoms with van der Waals surface area (Å²) in [6, 6.07) is 16.0. The van der Waals surface area contributed by atoms with E-state index in [0.29, 0.717) is 10.8 Å². The van der Waals surface area contributed by atoms with Crippen LogP contribution in [-0.4, -0.2) is 28.3 Å². The lowest BCUT2D eigenvalue weighted by molar-refractivity contribution is -0.145. The van der Waals surface area contributed by atoms with E-state index < -0.39 is 12.1 Å². The fraction of sp³-hybridized carbons (Fsp3) is 0.350. The van der Waals surface area contributed by atoms with Crippen LogP contribution >= 0.6 is 11.6 Å². The van der Waals surface area contributed by atoms with Crippen LogP contribution in [0.2, 0.25) is 5.02 Å². The molecular weight excluding hydrogens is 354 g/mol. The zero-order chi connectivity index (χ0) is 19.7. The second kappa shape index (κ2) is 10.8. The van der Waals surface area contributed by atoms with Gasteiger partial charge in [0, 0.05) is 12.5 Å². The van der Waals surface area contributed by atoms with Gasteiger partial charge in [-0.1, -0.05) is 48.0 Å². The van der Waals surface area contributed by atoms with E-state index in [0.717, 1.165) is 17.5 Å². The summed E-state index contributed by atoms with van der Waals surface area (Å²) in [6.45, 7) is 5.19. The molecule has 26 heavy (non-hydrogen) atoms. The number of aliphatic hydroxyl groups excluding tert-OH is 1. The Balaban J connectivity index is 0.000000487. The first-order valence-electron chi connectivity index (χ1n) is 8.35. The van der Waals surface area contributed by atoms with E-state index in [1.165, 1.54) is 6.92 Å². The average Bonchev–Trinajstić information content (AvgIpc) is 2.57. The fourth-order valence-electron chi connectivity index (χ4n) is 2.11. The maximum absolute atomic E-state index is 9.45. The van der Waals surface area contributed by atoms with Crippen LogP contribution in [0.25, 0.3) is 0 Å². The number of aliphatic hydroxyl groups is 1. The molecule has 0 saturated carbocycles. The van der Waals surface area contributed by atoms with Gasteiger partial charge in [0.25, 0.3) is 0 Å². The largest absolute Gasteiger partial charge is 0.484 e. The van der Waals surface area contributed by atoms with E-state index >= 15 is 0 Å². The van der Waals surface area contributed by atoms with Crippen molar-refractivity contribution >= 4 is 17.6 Å². The third-order valence-electron chi connectivity index (χ3n) is 3.47. The number of carboxylic acids is 1. The molecule has 2 rings (SSSR count). The van der Waals surface area contributed by atoms with Gasteiger partial charge in [-0.3, -0.25) is 0 Å². The monoisotopic (exact) mass is 379 g/mol. The second-order valence-corrected chi connectivity index (χ2v) is 6.59. The Labute approximate surface area is 159 Å². The smallest absolute Gasteiger partial charge is 0.332 e. The van der Waals surface area contributed by atoms with Crippen molar-refractivity contribution in [2.75, 3.05) is 0 Å². The standard InChI is InChI=1S/C17H20ClNO.C3H6O3/c1-12-8-9-16(15(18)10-12)20-17(11-13(2)19)14-6-4-3-5-7-14;1-2(4)3(5)6/h3-10,13,17H,11,19H2,1-2H3;2,4H,1H3,(H,5,6). The molecule has 2 aromatic carbocycles. The molecule has 0 aromatic heterocycles. The SMILES string of the molecule is CC(O)C(=O)O.Cc1ccc(OC(CC(C)N)c2ccccc2)c(Cl)c1. The predicted octanol–water partition coefficient (Wildman–Crippen LogP) is 3.96. The number of carbonyl (C=O) groups is 1. The van der Waals surface area contributed by atoms with Gasteiger partial charge in [-0.2, -0.15) is 0 Å². The summed E-state index contributed by atoms with van der Waals surface area (Å²) in [4.78, 5) is 9.45. The summed E-state index contributed by atoms with van der Waals surface area (Å²) in [5.74, 6) is -0.484. The summed E-state index contributed by atoms with van der Waals surface area (Å²) >= 11 is 6.24. The van der Waals surface area contributed by atoms with Crippen molar-refractivity contribution in [1.82, 2.24) is 0 Å². The summed E-state index contributed by atoms with van der Waals surface area (Å²) in [6.07, 6.45) is -0.574. The van der Waals surface area contributed by atoms with Crippen LogP contribution in [0.5, 0.6) is 5.75 Å². The number of rotatable bonds is 6. The highest BCUT2D eigenvalue weighted by molar-refractivity contribution is 6.32. The Kier molecular flexibility index (Phi) is 9.13. The molecular formula is C20H26ClNO4. The lowest BCUT2D eigenvalue weighted by Crippen LogP contribution is -2.21. The molecule has 142 valence electrons. The molecule has 0 aliphatic rings. The van der Waals surface area contributed by atoms with Crippen molar-refractivity contribution in [3.05, 3.63) is 64.7 Å². The highest BCUT2D eigenvalue weighted by Crippen LogP contribution is 2.31. The summed E-state index contributed by atoms with van der Waals surface area (Å²) in [7, 11) is 0. The van der Waals surface area contributed by atoms with E-state index in [-0.39, 0.29) is 12.1 Å². The average molecular weight is 380 g/mol. The molecule has 3 unspecified atom stereocenters. The van der Waals surface area contributed by atoms with Crippen molar-refractivity contribution < 1.29 is 19.7 Å². The van der Waals surface area contributed by atoms with E-state index in [1.54, 1.807) is 0 Å².